The van der Waals surface area contributed by atoms with Crippen molar-refractivity contribution in [2.75, 3.05) is 6.54 Å². The summed E-state index contributed by atoms with van der Waals surface area (Å²) >= 11 is 0. The maximum Gasteiger partial charge on any atom is 0.254 e. The zero-order valence-electron chi connectivity index (χ0n) is 18.4. The molecule has 0 bridgehead atoms. The summed E-state index contributed by atoms with van der Waals surface area (Å²) in [5.74, 6) is 0.0978. The van der Waals surface area contributed by atoms with Crippen molar-refractivity contribution in [1.29, 1.82) is 0 Å². The number of aromatic amines is 1. The van der Waals surface area contributed by atoms with Crippen molar-refractivity contribution in [1.82, 2.24) is 14.9 Å². The molecule has 1 aromatic heterocycles. The number of imidazole rings is 1. The Hall–Kier alpha value is -3.78. The lowest BCUT2D eigenvalue weighted by atomic mass is 10.0. The van der Waals surface area contributed by atoms with Crippen LogP contribution in [-0.2, 0) is 9.84 Å². The van der Waals surface area contributed by atoms with E-state index >= 15 is 0 Å². The average Bonchev–Trinajstić information content (AvgIpc) is 3.49. The van der Waals surface area contributed by atoms with Crippen LogP contribution >= 0.6 is 0 Å². The van der Waals surface area contributed by atoms with E-state index in [1.165, 1.54) is 24.3 Å². The van der Waals surface area contributed by atoms with Gasteiger partial charge in [-0.2, -0.15) is 0 Å². The molecular formula is C26H21N3O4S. The van der Waals surface area contributed by atoms with E-state index in [0.29, 0.717) is 6.54 Å². The van der Waals surface area contributed by atoms with Gasteiger partial charge in [-0.3, -0.25) is 9.59 Å². The molecule has 8 heteroatoms. The zero-order chi connectivity index (χ0) is 23.6. The molecule has 4 aromatic rings. The van der Waals surface area contributed by atoms with Crippen LogP contribution in [0.1, 0.15) is 56.6 Å². The molecule has 0 spiro atoms. The van der Waals surface area contributed by atoms with Crippen molar-refractivity contribution < 1.29 is 18.0 Å². The minimum Gasteiger partial charge on any atom is -0.340 e. The monoisotopic (exact) mass is 471 g/mol. The molecule has 0 saturated carbocycles. The minimum atomic E-state index is -3.91. The summed E-state index contributed by atoms with van der Waals surface area (Å²) in [6.07, 6.45) is 1.58. The number of hydrogen-bond donors (Lipinski definition) is 1. The summed E-state index contributed by atoms with van der Waals surface area (Å²) in [7, 11) is -3.91. The summed E-state index contributed by atoms with van der Waals surface area (Å²) in [6.45, 7) is 2.56. The van der Waals surface area contributed by atoms with Gasteiger partial charge < -0.3 is 9.88 Å². The first-order valence-corrected chi connectivity index (χ1v) is 12.6. The van der Waals surface area contributed by atoms with Crippen LogP contribution in [0, 0.1) is 6.92 Å². The minimum absolute atomic E-state index is 0.0197. The van der Waals surface area contributed by atoms with Crippen LogP contribution in [0.5, 0.6) is 0 Å². The smallest absolute Gasteiger partial charge is 0.254 e. The molecule has 0 radical (unpaired) electrons. The van der Waals surface area contributed by atoms with Gasteiger partial charge in [0.2, 0.25) is 9.84 Å². The Morgan fingerprint density at radius 2 is 1.82 bits per heavy atom. The number of benzene rings is 3. The lowest BCUT2D eigenvalue weighted by molar-refractivity contribution is 0.0730. The number of amides is 1. The Balaban J connectivity index is 1.38. The first-order valence-electron chi connectivity index (χ1n) is 11.1. The Kier molecular flexibility index (Phi) is 4.50. The van der Waals surface area contributed by atoms with E-state index in [4.69, 9.17) is 4.98 Å². The number of fused-ring (bicyclic) bond motifs is 3. The van der Waals surface area contributed by atoms with E-state index < -0.39 is 9.84 Å². The van der Waals surface area contributed by atoms with Crippen LogP contribution in [0.4, 0.5) is 0 Å². The molecule has 0 aliphatic carbocycles. The lowest BCUT2D eigenvalue weighted by Gasteiger charge is -2.24. The fourth-order valence-corrected chi connectivity index (χ4v) is 6.66. The van der Waals surface area contributed by atoms with Gasteiger partial charge in [-0.15, -0.1) is 0 Å². The van der Waals surface area contributed by atoms with Gasteiger partial charge in [-0.05, 0) is 67.8 Å². The first kappa shape index (κ1) is 20.8. The second-order valence-electron chi connectivity index (χ2n) is 8.84. The summed E-state index contributed by atoms with van der Waals surface area (Å²) in [6, 6.07) is 16.3. The number of carbonyl (C=O) groups excluding carboxylic acids is 2. The molecule has 1 N–H and O–H groups in total. The third-order valence-corrected chi connectivity index (χ3v) is 8.52. The molecule has 7 nitrogen and oxygen atoms in total. The highest BCUT2D eigenvalue weighted by Crippen LogP contribution is 2.37. The Labute approximate surface area is 196 Å². The number of rotatable bonds is 2. The molecule has 2 aliphatic heterocycles. The van der Waals surface area contributed by atoms with E-state index in [-0.39, 0.29) is 44.2 Å². The number of sulfone groups is 1. The topological polar surface area (TPSA) is 100 Å². The number of aromatic nitrogens is 2. The fraction of sp³-hybridized carbons (Fsp3) is 0.192. The van der Waals surface area contributed by atoms with Crippen LogP contribution in [0.3, 0.4) is 0 Å². The van der Waals surface area contributed by atoms with Crippen LogP contribution < -0.4 is 0 Å². The average molecular weight is 472 g/mol. The summed E-state index contributed by atoms with van der Waals surface area (Å²) < 4.78 is 26.5. The van der Waals surface area contributed by atoms with Gasteiger partial charge in [-0.25, -0.2) is 13.4 Å². The summed E-state index contributed by atoms with van der Waals surface area (Å²) in [4.78, 5) is 36.1. The first-order chi connectivity index (χ1) is 16.3. The number of nitrogens with zero attached hydrogens (tertiary/aromatic N) is 2. The molecule has 1 amide bonds. The SMILES string of the molecule is Cc1ccc2nc(C3CCCN3C(=O)c3ccc4c(c3)S(=O)(=O)c3ccccc3C4=O)[nH]c2c1. The van der Waals surface area contributed by atoms with E-state index in [1.54, 1.807) is 23.1 Å². The number of hydrogen-bond acceptors (Lipinski definition) is 5. The maximum absolute atomic E-state index is 13.5. The Bertz CT molecular complexity index is 1620. The molecule has 34 heavy (non-hydrogen) atoms. The molecule has 170 valence electrons. The number of carbonyl (C=O) groups is 2. The standard InChI is InChI=1S/C26H21N3O4S/c1-15-8-11-19-20(13-15)28-25(27-19)21-6-4-12-29(21)26(31)16-9-10-18-23(14-16)34(32,33)22-7-3-2-5-17(22)24(18)30/h2-3,5,7-11,13-14,21H,4,6,12H2,1H3,(H,27,28). The molecule has 1 fully saturated rings. The van der Waals surface area contributed by atoms with Crippen LogP contribution in [-0.4, -0.2) is 41.5 Å². The second kappa shape index (κ2) is 7.36. The number of nitrogens with one attached hydrogen (secondary N) is 1. The largest absolute Gasteiger partial charge is 0.340 e. The van der Waals surface area contributed by atoms with Crippen molar-refractivity contribution in [2.24, 2.45) is 0 Å². The van der Waals surface area contributed by atoms with Gasteiger partial charge in [0.1, 0.15) is 5.82 Å². The highest BCUT2D eigenvalue weighted by Gasteiger charge is 2.37. The predicted molar refractivity (Wildman–Crippen MR) is 126 cm³/mol. The number of H-pyrrole nitrogens is 1. The molecule has 3 aromatic carbocycles. The molecule has 1 unspecified atom stereocenters. The molecule has 6 rings (SSSR count). The second-order valence-corrected chi connectivity index (χ2v) is 10.7. The van der Waals surface area contributed by atoms with Crippen LogP contribution in [0.2, 0.25) is 0 Å². The molecule has 2 aliphatic rings. The normalized spacial score (nSPS) is 18.7. The number of likely N-dealkylation sites (tertiary alicyclic amines) is 1. The zero-order valence-corrected chi connectivity index (χ0v) is 19.2. The van der Waals surface area contributed by atoms with E-state index in [1.807, 2.05) is 25.1 Å². The van der Waals surface area contributed by atoms with Crippen LogP contribution in [0.15, 0.2) is 70.5 Å². The molecule has 1 saturated heterocycles. The fourth-order valence-electron chi connectivity index (χ4n) is 4.98. The molecular weight excluding hydrogens is 450 g/mol. The quantitative estimate of drug-likeness (QED) is 0.415. The number of aryl methyl sites for hydroxylation is 1. The molecule has 3 heterocycles. The third kappa shape index (κ3) is 3.02. The summed E-state index contributed by atoms with van der Waals surface area (Å²) in [5, 5.41) is 0. The van der Waals surface area contributed by atoms with E-state index in [0.717, 1.165) is 35.3 Å². The van der Waals surface area contributed by atoms with Crippen molar-refractivity contribution in [3.63, 3.8) is 0 Å². The van der Waals surface area contributed by atoms with Gasteiger partial charge in [-0.1, -0.05) is 18.2 Å². The van der Waals surface area contributed by atoms with Gasteiger partial charge in [0, 0.05) is 23.2 Å². The van der Waals surface area contributed by atoms with Gasteiger partial charge >= 0.3 is 0 Å². The van der Waals surface area contributed by atoms with E-state index in [2.05, 4.69) is 4.98 Å². The molecule has 1 atom stereocenters. The van der Waals surface area contributed by atoms with E-state index in [9.17, 15) is 18.0 Å². The number of ketones is 1. The Morgan fingerprint density at radius 1 is 1.03 bits per heavy atom. The van der Waals surface area contributed by atoms with Crippen molar-refractivity contribution >= 4 is 32.6 Å². The third-order valence-electron chi connectivity index (χ3n) is 6.67. The van der Waals surface area contributed by atoms with Crippen molar-refractivity contribution in [2.45, 2.75) is 35.6 Å². The maximum atomic E-state index is 13.5. The highest BCUT2D eigenvalue weighted by molar-refractivity contribution is 7.91. The predicted octanol–water partition coefficient (Wildman–Crippen LogP) is 4.23. The Morgan fingerprint density at radius 3 is 2.68 bits per heavy atom. The lowest BCUT2D eigenvalue weighted by Crippen LogP contribution is -2.31. The van der Waals surface area contributed by atoms with Gasteiger partial charge in [0.05, 0.1) is 26.9 Å². The van der Waals surface area contributed by atoms with Gasteiger partial charge in [0.25, 0.3) is 5.91 Å². The van der Waals surface area contributed by atoms with Gasteiger partial charge in [0.15, 0.2) is 5.78 Å². The highest BCUT2D eigenvalue weighted by atomic mass is 32.2. The van der Waals surface area contributed by atoms with Crippen LogP contribution in [0.25, 0.3) is 11.0 Å². The summed E-state index contributed by atoms with van der Waals surface area (Å²) in [5.41, 5.74) is 3.39. The van der Waals surface area contributed by atoms with Crippen molar-refractivity contribution in [3.05, 3.63) is 88.7 Å². The van der Waals surface area contributed by atoms with Crippen molar-refractivity contribution in [3.8, 4) is 0 Å².